The van der Waals surface area contributed by atoms with Crippen LogP contribution in [0.1, 0.15) is 45.0 Å². The first-order valence-corrected chi connectivity index (χ1v) is 20.9. The molecule has 9 rings (SSSR count). The Morgan fingerprint density at radius 3 is 1.19 bits per heavy atom. The van der Waals surface area contributed by atoms with Gasteiger partial charge in [-0.05, 0) is 98.5 Å². The quantitative estimate of drug-likeness (QED) is 0.126. The summed E-state index contributed by atoms with van der Waals surface area (Å²) in [6.07, 6.45) is 7.60. The third-order valence-corrected chi connectivity index (χ3v) is 11.2. The van der Waals surface area contributed by atoms with Gasteiger partial charge in [-0.25, -0.2) is 9.97 Å². The minimum absolute atomic E-state index is 0.572. The molecule has 4 N–H and O–H groups in total. The van der Waals surface area contributed by atoms with Gasteiger partial charge in [-0.15, -0.1) is 0 Å². The van der Waals surface area contributed by atoms with E-state index in [0.717, 1.165) is 106 Å². The molecule has 4 aromatic carbocycles. The summed E-state index contributed by atoms with van der Waals surface area (Å²) in [6.45, 7) is 8.27. The van der Waals surface area contributed by atoms with Crippen LogP contribution in [0.4, 0.5) is 0 Å². The molecule has 284 valence electrons. The normalized spacial score (nSPS) is 12.7. The largest absolute Gasteiger partial charge is 0.354 e. The summed E-state index contributed by atoms with van der Waals surface area (Å²) in [5, 5.41) is 0. The van der Waals surface area contributed by atoms with Crippen LogP contribution in [0.25, 0.3) is 90.4 Å². The van der Waals surface area contributed by atoms with Crippen LogP contribution < -0.4 is 0 Å². The number of hydrogen-bond acceptors (Lipinski definition) is 3. The van der Waals surface area contributed by atoms with Crippen molar-refractivity contribution in [1.82, 2.24) is 19.9 Å². The van der Waals surface area contributed by atoms with Crippen LogP contribution in [0.2, 0.25) is 0 Å². The fourth-order valence-corrected chi connectivity index (χ4v) is 8.06. The van der Waals surface area contributed by atoms with E-state index in [0.29, 0.717) is 17.0 Å². The Bertz CT molecular complexity index is 3050. The third-order valence-electron chi connectivity index (χ3n) is 10.7. The zero-order valence-corrected chi connectivity index (χ0v) is 33.5. The molecule has 2 aliphatic rings. The summed E-state index contributed by atoms with van der Waals surface area (Å²) in [5.74, 6) is 0.954. The maximum atomic E-state index is 12.4. The van der Waals surface area contributed by atoms with Crippen molar-refractivity contribution in [2.75, 3.05) is 0 Å². The minimum Gasteiger partial charge on any atom is -0.354 e. The second-order valence-electron chi connectivity index (χ2n) is 15.1. The number of rotatable bonds is 6. The number of fused-ring (bicyclic) bond motifs is 8. The highest BCUT2D eigenvalue weighted by Crippen LogP contribution is 2.43. The number of nitrogens with zero attached hydrogens (tertiary/aromatic N) is 2. The lowest BCUT2D eigenvalue weighted by Crippen LogP contribution is -1.91. The Hall–Kier alpha value is -6.63. The first-order valence-electron chi connectivity index (χ1n) is 19.2. The topological polar surface area (TPSA) is 115 Å². The standard InChI is InChI=1S/C50H41N4O3P/c1-30-5-13-34(14-6-30)46-39-21-22-40(51-39)47(35-15-7-31(2)8-16-35)42-25-26-44(53-42)49(37-19-11-33(4)12-20-37)50-38(27-28-58(55,56)57)29-45(54-50)48(43-24-23-41(46)52-43)36-17-9-32(3)10-18-36/h5-29,52-53H,1-4H3,(H2,55,56,57)/b28-27-,46-39?,46-41?,47-40?,47-42?,48-43?,48-45?,49-44?,50-49?. The number of aromatic nitrogens is 4. The van der Waals surface area contributed by atoms with Crippen LogP contribution >= 0.6 is 7.60 Å². The van der Waals surface area contributed by atoms with Crippen molar-refractivity contribution < 1.29 is 14.4 Å². The lowest BCUT2D eigenvalue weighted by atomic mass is 9.98. The van der Waals surface area contributed by atoms with Gasteiger partial charge in [0.15, 0.2) is 0 Å². The summed E-state index contributed by atoms with van der Waals surface area (Å²) < 4.78 is 12.4. The number of allylic oxidation sites excluding steroid dienone is 2. The van der Waals surface area contributed by atoms with Crippen molar-refractivity contribution in [2.24, 2.45) is 0 Å². The number of aromatic amines is 2. The molecule has 8 bridgehead atoms. The number of benzene rings is 4. The van der Waals surface area contributed by atoms with Gasteiger partial charge in [-0.2, -0.15) is 0 Å². The molecule has 5 heterocycles. The summed E-state index contributed by atoms with van der Waals surface area (Å²) in [5.41, 5.74) is 18.8. The van der Waals surface area contributed by atoms with Crippen molar-refractivity contribution in [3.8, 4) is 44.5 Å². The zero-order chi connectivity index (χ0) is 40.1. The number of H-pyrrole nitrogens is 2. The molecule has 0 spiro atoms. The minimum atomic E-state index is -4.52. The zero-order valence-electron chi connectivity index (χ0n) is 32.6. The van der Waals surface area contributed by atoms with E-state index >= 15 is 0 Å². The molecule has 0 radical (unpaired) electrons. The monoisotopic (exact) mass is 776 g/mol. The molecule has 7 nitrogen and oxygen atoms in total. The molecule has 0 unspecified atom stereocenters. The fourth-order valence-electron chi connectivity index (χ4n) is 7.70. The van der Waals surface area contributed by atoms with Gasteiger partial charge in [-0.1, -0.05) is 119 Å². The first-order chi connectivity index (χ1) is 28.0. The Labute approximate surface area is 337 Å². The highest BCUT2D eigenvalue weighted by atomic mass is 31.2. The average Bonchev–Trinajstić information content (AvgIpc) is 4.04. The molecular formula is C50H41N4O3P. The predicted octanol–water partition coefficient (Wildman–Crippen LogP) is 12.6. The van der Waals surface area contributed by atoms with Gasteiger partial charge in [0.1, 0.15) is 0 Å². The van der Waals surface area contributed by atoms with Crippen LogP contribution in [-0.4, -0.2) is 29.7 Å². The Kier molecular flexibility index (Phi) is 9.38. The molecule has 0 atom stereocenters. The SMILES string of the molecule is Cc1ccc(-c2c3nc(c(-c4ccc(C)cc4)c4ccc([nH]4)c(-c4ccc(C)cc4)c4nc(c(-c5ccc(C)cc5)c5ccc2[nH]5)C=C4/C=C\P(=O)(O)O)C=C3)cc1. The van der Waals surface area contributed by atoms with E-state index in [4.69, 9.17) is 9.97 Å². The van der Waals surface area contributed by atoms with Gasteiger partial charge in [-0.3, -0.25) is 4.57 Å². The molecule has 0 saturated carbocycles. The molecule has 0 amide bonds. The van der Waals surface area contributed by atoms with E-state index < -0.39 is 7.60 Å². The molecule has 7 aromatic rings. The van der Waals surface area contributed by atoms with Crippen molar-refractivity contribution in [2.45, 2.75) is 27.7 Å². The van der Waals surface area contributed by atoms with Crippen molar-refractivity contribution >= 4 is 53.5 Å². The summed E-state index contributed by atoms with van der Waals surface area (Å²) in [6, 6.07) is 41.9. The maximum absolute atomic E-state index is 12.4. The van der Waals surface area contributed by atoms with E-state index in [2.05, 4.69) is 164 Å². The van der Waals surface area contributed by atoms with E-state index in [1.54, 1.807) is 0 Å². The van der Waals surface area contributed by atoms with Gasteiger partial charge < -0.3 is 19.8 Å². The number of nitrogens with one attached hydrogen (secondary N) is 2. The van der Waals surface area contributed by atoms with Gasteiger partial charge >= 0.3 is 7.60 Å². The predicted molar refractivity (Wildman–Crippen MR) is 240 cm³/mol. The molecule has 0 fully saturated rings. The second-order valence-corrected chi connectivity index (χ2v) is 16.6. The summed E-state index contributed by atoms with van der Waals surface area (Å²) in [7, 11) is -4.52. The van der Waals surface area contributed by atoms with Crippen molar-refractivity contribution in [1.29, 1.82) is 0 Å². The van der Waals surface area contributed by atoms with E-state index in [-0.39, 0.29) is 0 Å². The van der Waals surface area contributed by atoms with Gasteiger partial charge in [0.05, 0.1) is 22.8 Å². The smallest absolute Gasteiger partial charge is 0.349 e. The lowest BCUT2D eigenvalue weighted by molar-refractivity contribution is 0.386. The van der Waals surface area contributed by atoms with Crippen LogP contribution in [0.3, 0.4) is 0 Å². The Morgan fingerprint density at radius 1 is 0.466 bits per heavy atom. The van der Waals surface area contributed by atoms with Gasteiger partial charge in [0.25, 0.3) is 0 Å². The summed E-state index contributed by atoms with van der Waals surface area (Å²) >= 11 is 0. The molecule has 3 aromatic heterocycles. The van der Waals surface area contributed by atoms with Crippen molar-refractivity contribution in [3.63, 3.8) is 0 Å². The Morgan fingerprint density at radius 2 is 0.810 bits per heavy atom. The molecular weight excluding hydrogens is 736 g/mol. The van der Waals surface area contributed by atoms with Crippen LogP contribution in [0.5, 0.6) is 0 Å². The van der Waals surface area contributed by atoms with Gasteiger partial charge in [0, 0.05) is 55.7 Å². The highest BCUT2D eigenvalue weighted by molar-refractivity contribution is 7.55. The van der Waals surface area contributed by atoms with E-state index in [9.17, 15) is 14.4 Å². The van der Waals surface area contributed by atoms with E-state index in [1.807, 2.05) is 13.0 Å². The second kappa shape index (κ2) is 14.7. The van der Waals surface area contributed by atoms with Crippen molar-refractivity contribution in [3.05, 3.63) is 178 Å². The summed E-state index contributed by atoms with van der Waals surface area (Å²) in [4.78, 5) is 38.5. The fraction of sp³-hybridized carbons (Fsp3) is 0.0800. The molecule has 2 aliphatic heterocycles. The first kappa shape index (κ1) is 37.0. The van der Waals surface area contributed by atoms with Crippen LogP contribution in [-0.2, 0) is 4.57 Å². The lowest BCUT2D eigenvalue weighted by Gasteiger charge is -2.08. The number of hydrogen-bond donors (Lipinski definition) is 4. The number of aryl methyl sites for hydroxylation is 4. The molecule has 8 heteroatoms. The van der Waals surface area contributed by atoms with Crippen LogP contribution in [0, 0.1) is 27.7 Å². The highest BCUT2D eigenvalue weighted by Gasteiger charge is 2.22. The maximum Gasteiger partial charge on any atom is 0.349 e. The Balaban J connectivity index is 1.50. The van der Waals surface area contributed by atoms with Gasteiger partial charge in [0.2, 0.25) is 0 Å². The molecule has 0 saturated heterocycles. The molecule has 58 heavy (non-hydrogen) atoms. The average molecular weight is 777 g/mol. The molecule has 0 aliphatic carbocycles. The van der Waals surface area contributed by atoms with Crippen LogP contribution in [0.15, 0.2) is 133 Å². The van der Waals surface area contributed by atoms with E-state index in [1.165, 1.54) is 6.08 Å². The third kappa shape index (κ3) is 7.23.